The Bertz CT molecular complexity index is 1310. The van der Waals surface area contributed by atoms with Crippen molar-refractivity contribution in [3.8, 4) is 10.9 Å². The number of nitrogens with zero attached hydrogens (tertiary/aromatic N) is 4. The molecule has 1 saturated heterocycles. The quantitative estimate of drug-likeness (QED) is 0.235. The number of nitrogens with one attached hydrogen (secondary N) is 2. The zero-order valence-corrected chi connectivity index (χ0v) is 23.2. The number of aromatic nitrogens is 3. The molecule has 0 aliphatic carbocycles. The van der Waals surface area contributed by atoms with Gasteiger partial charge in [-0.25, -0.2) is 0 Å². The van der Waals surface area contributed by atoms with Crippen LogP contribution in [0, 0.1) is 5.92 Å². The van der Waals surface area contributed by atoms with Gasteiger partial charge < -0.3 is 20.3 Å². The highest BCUT2D eigenvalue weighted by molar-refractivity contribution is 7.17. The lowest BCUT2D eigenvalue weighted by atomic mass is 9.96. The number of piperidine rings is 1. The van der Waals surface area contributed by atoms with Gasteiger partial charge in [-0.3, -0.25) is 9.36 Å². The van der Waals surface area contributed by atoms with Gasteiger partial charge in [-0.15, -0.1) is 10.2 Å². The van der Waals surface area contributed by atoms with Crippen LogP contribution >= 0.6 is 11.3 Å². The third kappa shape index (κ3) is 7.17. The third-order valence-electron chi connectivity index (χ3n) is 7.00. The van der Waals surface area contributed by atoms with Crippen LogP contribution in [0.4, 0.5) is 10.8 Å². The summed E-state index contributed by atoms with van der Waals surface area (Å²) >= 11 is 1.59. The minimum atomic E-state index is 0.0649. The lowest BCUT2D eigenvalue weighted by Crippen LogP contribution is -2.40. The maximum absolute atomic E-state index is 12.7. The summed E-state index contributed by atoms with van der Waals surface area (Å²) < 4.78 is 7.60. The summed E-state index contributed by atoms with van der Waals surface area (Å²) in [4.78, 5) is 14.9. The topological polar surface area (TPSA) is 84.3 Å². The van der Waals surface area contributed by atoms with Crippen molar-refractivity contribution >= 4 is 28.1 Å². The van der Waals surface area contributed by atoms with Crippen molar-refractivity contribution in [1.29, 1.82) is 0 Å². The summed E-state index contributed by atoms with van der Waals surface area (Å²) in [6.45, 7) is 5.66. The van der Waals surface area contributed by atoms with E-state index in [1.165, 1.54) is 5.56 Å². The zero-order valence-electron chi connectivity index (χ0n) is 22.4. The molecule has 9 heteroatoms. The molecule has 39 heavy (non-hydrogen) atoms. The molecule has 8 nitrogen and oxygen atoms in total. The Morgan fingerprint density at radius 1 is 1.00 bits per heavy atom. The van der Waals surface area contributed by atoms with Crippen LogP contribution in [0.5, 0.6) is 5.75 Å². The largest absolute Gasteiger partial charge is 0.494 e. The maximum atomic E-state index is 12.7. The Hall–Kier alpha value is -3.85. The number of carbonyl (C=O) groups excluding carboxylic acids is 1. The molecule has 0 unspecified atom stereocenters. The summed E-state index contributed by atoms with van der Waals surface area (Å²) in [5.41, 5.74) is 3.45. The van der Waals surface area contributed by atoms with Gasteiger partial charge in [0.2, 0.25) is 16.2 Å². The smallest absolute Gasteiger partial charge is 0.223 e. The van der Waals surface area contributed by atoms with E-state index in [0.717, 1.165) is 72.7 Å². The fourth-order valence-corrected chi connectivity index (χ4v) is 5.75. The highest BCUT2D eigenvalue weighted by atomic mass is 32.1. The predicted octanol–water partition coefficient (Wildman–Crippen LogP) is 5.31. The van der Waals surface area contributed by atoms with E-state index in [-0.39, 0.29) is 11.8 Å². The van der Waals surface area contributed by atoms with Crippen molar-refractivity contribution in [2.75, 3.05) is 36.5 Å². The Kier molecular flexibility index (Phi) is 9.11. The van der Waals surface area contributed by atoms with Crippen LogP contribution in [0.2, 0.25) is 0 Å². The summed E-state index contributed by atoms with van der Waals surface area (Å²) in [5, 5.41) is 17.3. The lowest BCUT2D eigenvalue weighted by Gasteiger charge is -2.30. The molecule has 204 valence electrons. The SMILES string of the molecule is CCOc1ccc(NCc2cccn2-c2nnc(N3CCC(C(=O)NCCCc4ccccc4)CC3)s2)cc1. The van der Waals surface area contributed by atoms with Crippen molar-refractivity contribution in [3.63, 3.8) is 0 Å². The second-order valence-corrected chi connectivity index (χ2v) is 10.6. The van der Waals surface area contributed by atoms with Crippen molar-refractivity contribution in [3.05, 3.63) is 84.2 Å². The van der Waals surface area contributed by atoms with Gasteiger partial charge in [-0.1, -0.05) is 41.7 Å². The molecule has 2 N–H and O–H groups in total. The van der Waals surface area contributed by atoms with Crippen LogP contribution in [-0.4, -0.2) is 46.9 Å². The molecule has 2 aromatic heterocycles. The molecular formula is C30H36N6O2S. The van der Waals surface area contributed by atoms with Gasteiger partial charge >= 0.3 is 0 Å². The van der Waals surface area contributed by atoms with E-state index >= 15 is 0 Å². The number of hydrogen-bond donors (Lipinski definition) is 2. The number of hydrogen-bond acceptors (Lipinski definition) is 7. The van der Waals surface area contributed by atoms with Gasteiger partial charge in [0.15, 0.2) is 0 Å². The van der Waals surface area contributed by atoms with E-state index in [2.05, 4.69) is 60.6 Å². The standard InChI is InChI=1S/C30H36N6O2S/c1-2-38-27-14-12-25(13-15-27)32-22-26-11-7-19-36(26)30-34-33-29(39-30)35-20-16-24(17-21-35)28(37)31-18-6-10-23-8-4-3-5-9-23/h3-5,7-9,11-15,19,24,32H,2,6,10,16-18,20-22H2,1H3,(H,31,37). The first-order valence-electron chi connectivity index (χ1n) is 13.7. The van der Waals surface area contributed by atoms with Gasteiger partial charge in [0, 0.05) is 43.1 Å². The van der Waals surface area contributed by atoms with E-state index < -0.39 is 0 Å². The first kappa shape index (κ1) is 26.7. The first-order valence-corrected chi connectivity index (χ1v) is 14.5. The number of amides is 1. The molecule has 0 bridgehead atoms. The van der Waals surface area contributed by atoms with E-state index in [4.69, 9.17) is 4.74 Å². The summed E-state index contributed by atoms with van der Waals surface area (Å²) in [6, 6.07) is 22.5. The Morgan fingerprint density at radius 2 is 1.77 bits per heavy atom. The fourth-order valence-electron chi connectivity index (χ4n) is 4.83. The number of aryl methyl sites for hydroxylation is 1. The van der Waals surface area contributed by atoms with Gasteiger partial charge in [0.25, 0.3) is 0 Å². The molecule has 0 atom stereocenters. The average molecular weight is 545 g/mol. The molecule has 1 aliphatic rings. The normalized spacial score (nSPS) is 13.8. The second kappa shape index (κ2) is 13.3. The Balaban J connectivity index is 1.08. The molecule has 0 spiro atoms. The van der Waals surface area contributed by atoms with Crippen molar-refractivity contribution < 1.29 is 9.53 Å². The number of benzene rings is 2. The van der Waals surface area contributed by atoms with E-state index in [0.29, 0.717) is 13.2 Å². The Labute approximate surface area is 234 Å². The Morgan fingerprint density at radius 3 is 2.54 bits per heavy atom. The monoisotopic (exact) mass is 544 g/mol. The molecule has 1 fully saturated rings. The second-order valence-electron chi connectivity index (χ2n) is 9.69. The average Bonchev–Trinajstić information content (AvgIpc) is 3.66. The van der Waals surface area contributed by atoms with Crippen LogP contribution in [-0.2, 0) is 17.8 Å². The molecule has 4 aromatic rings. The number of carbonyl (C=O) groups is 1. The number of ether oxygens (including phenoxy) is 1. The fraction of sp³-hybridized carbons (Fsp3) is 0.367. The molecule has 0 radical (unpaired) electrons. The minimum Gasteiger partial charge on any atom is -0.494 e. The molecule has 3 heterocycles. The maximum Gasteiger partial charge on any atom is 0.223 e. The van der Waals surface area contributed by atoms with Crippen LogP contribution in [0.3, 0.4) is 0 Å². The summed E-state index contributed by atoms with van der Waals surface area (Å²) in [7, 11) is 0. The van der Waals surface area contributed by atoms with E-state index in [1.807, 2.05) is 49.5 Å². The van der Waals surface area contributed by atoms with Crippen LogP contribution in [0.25, 0.3) is 5.13 Å². The molecule has 2 aromatic carbocycles. The predicted molar refractivity (Wildman–Crippen MR) is 157 cm³/mol. The third-order valence-corrected chi connectivity index (χ3v) is 7.99. The molecule has 1 amide bonds. The molecular weight excluding hydrogens is 508 g/mol. The van der Waals surface area contributed by atoms with Gasteiger partial charge in [-0.05, 0) is 74.6 Å². The van der Waals surface area contributed by atoms with E-state index in [9.17, 15) is 4.79 Å². The minimum absolute atomic E-state index is 0.0649. The number of rotatable bonds is 12. The van der Waals surface area contributed by atoms with Gasteiger partial charge in [-0.2, -0.15) is 0 Å². The first-order chi connectivity index (χ1) is 19.2. The highest BCUT2D eigenvalue weighted by Crippen LogP contribution is 2.29. The zero-order chi connectivity index (χ0) is 26.9. The van der Waals surface area contributed by atoms with Crippen molar-refractivity contribution in [2.24, 2.45) is 5.92 Å². The van der Waals surface area contributed by atoms with Gasteiger partial charge in [0.1, 0.15) is 5.75 Å². The summed E-state index contributed by atoms with van der Waals surface area (Å²) in [5.74, 6) is 1.11. The lowest BCUT2D eigenvalue weighted by molar-refractivity contribution is -0.125. The highest BCUT2D eigenvalue weighted by Gasteiger charge is 2.26. The van der Waals surface area contributed by atoms with Crippen LogP contribution < -0.4 is 20.3 Å². The summed E-state index contributed by atoms with van der Waals surface area (Å²) in [6.07, 6.45) is 5.63. The molecule has 1 aliphatic heterocycles. The molecule has 0 saturated carbocycles. The van der Waals surface area contributed by atoms with Crippen LogP contribution in [0.15, 0.2) is 72.9 Å². The number of anilines is 2. The van der Waals surface area contributed by atoms with Crippen molar-refractivity contribution in [1.82, 2.24) is 20.1 Å². The van der Waals surface area contributed by atoms with E-state index in [1.54, 1.807) is 11.3 Å². The van der Waals surface area contributed by atoms with Crippen LogP contribution in [0.1, 0.15) is 37.4 Å². The molecule has 5 rings (SSSR count). The van der Waals surface area contributed by atoms with Gasteiger partial charge in [0.05, 0.1) is 13.2 Å². The van der Waals surface area contributed by atoms with Crippen molar-refractivity contribution in [2.45, 2.75) is 39.2 Å².